The Morgan fingerprint density at radius 2 is 1.04 bits per heavy atom. The Morgan fingerprint density at radius 3 is 1.43 bits per heavy atom. The van der Waals surface area contributed by atoms with E-state index in [2.05, 4.69) is 122 Å². The maximum Gasteiger partial charge on any atom is 0.112 e. The van der Waals surface area contributed by atoms with Crippen molar-refractivity contribution in [3.8, 4) is 0 Å². The molecule has 0 aliphatic carbocycles. The lowest BCUT2D eigenvalue weighted by Gasteiger charge is -2.27. The molecule has 0 atom stereocenters. The molecule has 0 saturated carbocycles. The predicted octanol–water partition coefficient (Wildman–Crippen LogP) is 2.90. The summed E-state index contributed by atoms with van der Waals surface area (Å²) in [6, 6.07) is 33.3. The van der Waals surface area contributed by atoms with Gasteiger partial charge < -0.3 is 24.0 Å². The third kappa shape index (κ3) is 5.43. The van der Waals surface area contributed by atoms with Gasteiger partial charge >= 0.3 is 0 Å². The molecule has 0 radical (unpaired) electrons. The van der Waals surface area contributed by atoms with Gasteiger partial charge in [0.15, 0.2) is 0 Å². The van der Waals surface area contributed by atoms with Gasteiger partial charge in [-0.1, -0.05) is 78.9 Å². The van der Waals surface area contributed by atoms with Crippen molar-refractivity contribution in [2.75, 3.05) is 6.16 Å². The third-order valence-corrected chi connectivity index (χ3v) is 9.36. The van der Waals surface area contributed by atoms with Crippen molar-refractivity contribution in [2.45, 2.75) is 19.8 Å². The highest BCUT2D eigenvalue weighted by Gasteiger charge is 2.44. The van der Waals surface area contributed by atoms with Crippen LogP contribution in [0, 0.1) is 0 Å². The second-order valence-electron chi connectivity index (χ2n) is 6.60. The maximum atomic E-state index is 2.35. The normalized spacial score (nSPS) is 11.6. The minimum absolute atomic E-state index is 0. The first kappa shape index (κ1) is 22.6. The van der Waals surface area contributed by atoms with Gasteiger partial charge in [-0.05, 0) is 49.7 Å². The highest BCUT2D eigenvalue weighted by Crippen LogP contribution is 2.55. The molecule has 28 heavy (non-hydrogen) atoms. The van der Waals surface area contributed by atoms with Crippen LogP contribution in [-0.4, -0.2) is 6.16 Å². The molecule has 0 aromatic heterocycles. The van der Waals surface area contributed by atoms with E-state index in [0.29, 0.717) is 0 Å². The molecule has 0 nitrogen and oxygen atoms in total. The highest BCUT2D eigenvalue weighted by atomic mass is 127. The van der Waals surface area contributed by atoms with Crippen LogP contribution in [0.2, 0.25) is 0 Å². The molecule has 0 amide bonds. The summed E-state index contributed by atoms with van der Waals surface area (Å²) in [5.41, 5.74) is 0. The number of halogens is 1. The van der Waals surface area contributed by atoms with Gasteiger partial charge in [0.05, 0.1) is 6.16 Å². The van der Waals surface area contributed by atoms with Crippen LogP contribution in [0.5, 0.6) is 0 Å². The van der Waals surface area contributed by atoms with Crippen molar-refractivity contribution < 1.29 is 24.0 Å². The summed E-state index contributed by atoms with van der Waals surface area (Å²) in [5.74, 6) is 0. The van der Waals surface area contributed by atoms with Gasteiger partial charge in [0.25, 0.3) is 0 Å². The summed E-state index contributed by atoms with van der Waals surface area (Å²) < 4.78 is 0. The Kier molecular flexibility index (Phi) is 9.67. The average Bonchev–Trinajstić information content (AvgIpc) is 2.75. The van der Waals surface area contributed by atoms with Crippen LogP contribution in [0.25, 0.3) is 0 Å². The van der Waals surface area contributed by atoms with E-state index < -0.39 is 7.26 Å². The molecule has 0 N–H and O–H groups in total. The fraction of sp³-hybridized carbons (Fsp3) is 0.154. The van der Waals surface area contributed by atoms with E-state index in [1.165, 1.54) is 15.9 Å². The van der Waals surface area contributed by atoms with Crippen LogP contribution in [0.3, 0.4) is 0 Å². The molecule has 3 rings (SSSR count). The van der Waals surface area contributed by atoms with Crippen molar-refractivity contribution in [2.24, 2.45) is 0 Å². The van der Waals surface area contributed by atoms with Crippen LogP contribution in [-0.2, 0) is 0 Å². The van der Waals surface area contributed by atoms with Crippen molar-refractivity contribution in [1.82, 2.24) is 0 Å². The van der Waals surface area contributed by atoms with Gasteiger partial charge in [-0.15, -0.1) is 0 Å². The summed E-state index contributed by atoms with van der Waals surface area (Å²) in [5, 5.41) is 4.39. The molecule has 2 heteroatoms. The molecular formula is C26H28IP. The van der Waals surface area contributed by atoms with Gasteiger partial charge in [-0.2, -0.15) is 0 Å². The van der Waals surface area contributed by atoms with E-state index in [1.807, 2.05) is 0 Å². The maximum absolute atomic E-state index is 2.35. The van der Waals surface area contributed by atoms with Crippen molar-refractivity contribution in [3.63, 3.8) is 0 Å². The fourth-order valence-corrected chi connectivity index (χ4v) is 7.83. The van der Waals surface area contributed by atoms with Crippen molar-refractivity contribution in [1.29, 1.82) is 0 Å². The molecule has 0 aliphatic heterocycles. The van der Waals surface area contributed by atoms with Crippen LogP contribution in [0.4, 0.5) is 0 Å². The molecule has 0 aliphatic rings. The zero-order valence-electron chi connectivity index (χ0n) is 16.4. The Hall–Kier alpha value is -1.70. The molecule has 0 fully saturated rings. The van der Waals surface area contributed by atoms with E-state index in [1.54, 1.807) is 0 Å². The first-order valence-electron chi connectivity index (χ1n) is 9.69. The molecular weight excluding hydrogens is 470 g/mol. The van der Waals surface area contributed by atoms with Gasteiger partial charge in [0.2, 0.25) is 0 Å². The van der Waals surface area contributed by atoms with Gasteiger partial charge in [-0.3, -0.25) is 0 Å². The second kappa shape index (κ2) is 12.0. The lowest BCUT2D eigenvalue weighted by molar-refractivity contribution is -0.00000532. The summed E-state index contributed by atoms with van der Waals surface area (Å²) in [6.45, 7) is 2.07. The smallest absolute Gasteiger partial charge is 0.112 e. The highest BCUT2D eigenvalue weighted by molar-refractivity contribution is 7.95. The largest absolute Gasteiger partial charge is 1.00 e. The predicted molar refractivity (Wildman–Crippen MR) is 123 cm³/mol. The molecule has 3 aromatic rings. The molecule has 144 valence electrons. The first-order valence-corrected chi connectivity index (χ1v) is 11.7. The van der Waals surface area contributed by atoms with Gasteiger partial charge in [0.1, 0.15) is 23.2 Å². The zero-order valence-corrected chi connectivity index (χ0v) is 19.5. The van der Waals surface area contributed by atoms with Crippen molar-refractivity contribution in [3.05, 3.63) is 115 Å². The third-order valence-electron chi connectivity index (χ3n) is 4.90. The first-order chi connectivity index (χ1) is 13.4. The van der Waals surface area contributed by atoms with Crippen LogP contribution in [0.1, 0.15) is 19.8 Å². The number of hydrogen-bond acceptors (Lipinski definition) is 0. The molecule has 3 aromatic carbocycles. The minimum atomic E-state index is -1.68. The molecule has 0 heterocycles. The number of hydrogen-bond donors (Lipinski definition) is 0. The van der Waals surface area contributed by atoms with Gasteiger partial charge in [-0.25, -0.2) is 0 Å². The molecule has 0 bridgehead atoms. The summed E-state index contributed by atoms with van der Waals surface area (Å²) in [7, 11) is -1.68. The number of rotatable bonds is 8. The summed E-state index contributed by atoms with van der Waals surface area (Å²) in [4.78, 5) is 0. The van der Waals surface area contributed by atoms with Crippen LogP contribution in [0.15, 0.2) is 115 Å². The summed E-state index contributed by atoms with van der Waals surface area (Å²) in [6.07, 6.45) is 12.2. The Morgan fingerprint density at radius 1 is 0.607 bits per heavy atom. The molecule has 0 spiro atoms. The van der Waals surface area contributed by atoms with Crippen molar-refractivity contribution >= 4 is 23.2 Å². The fourth-order valence-electron chi connectivity index (χ4n) is 3.58. The van der Waals surface area contributed by atoms with Crippen LogP contribution >= 0.6 is 7.26 Å². The summed E-state index contributed by atoms with van der Waals surface area (Å²) >= 11 is 0. The van der Waals surface area contributed by atoms with E-state index in [4.69, 9.17) is 0 Å². The quantitative estimate of drug-likeness (QED) is 0.255. The number of benzene rings is 3. The number of allylic oxidation sites excluding steroid dienone is 4. The van der Waals surface area contributed by atoms with E-state index in [9.17, 15) is 0 Å². The van der Waals surface area contributed by atoms with E-state index in [0.717, 1.165) is 19.0 Å². The van der Waals surface area contributed by atoms with E-state index in [-0.39, 0.29) is 24.0 Å². The average molecular weight is 498 g/mol. The van der Waals surface area contributed by atoms with Gasteiger partial charge in [0, 0.05) is 6.42 Å². The lowest BCUT2D eigenvalue weighted by Crippen LogP contribution is -3.00. The SMILES string of the molecule is C/C=C/C/C=C/CC[P+](c1ccccc1)(c1ccccc1)c1ccccc1.[I-]. The standard InChI is InChI=1S/C26H28P.HI/c1-2-3-4-5-6-16-23-27(24-17-10-7-11-18-24,25-19-12-8-13-20-25)26-21-14-9-15-22-26;/h2-3,5-15,17-22H,4,16,23H2,1H3;1H/q+1;/p-1/b3-2+,6-5+;. The monoisotopic (exact) mass is 498 g/mol. The Bertz CT molecular complexity index is 758. The van der Waals surface area contributed by atoms with E-state index >= 15 is 0 Å². The molecule has 0 saturated heterocycles. The topological polar surface area (TPSA) is 0 Å². The molecule has 0 unspecified atom stereocenters. The Labute approximate surface area is 187 Å². The lowest BCUT2D eigenvalue weighted by atomic mass is 10.3. The second-order valence-corrected chi connectivity index (χ2v) is 10.2. The van der Waals surface area contributed by atoms with Crippen LogP contribution < -0.4 is 39.9 Å². The Balaban J connectivity index is 0.00000280. The minimum Gasteiger partial charge on any atom is -1.00 e. The zero-order chi connectivity index (χ0) is 18.8.